The average Bonchev–Trinajstić information content (AvgIpc) is 2.89. The maximum Gasteiger partial charge on any atom is 0.415 e. The largest absolute Gasteiger partial charge is 0.447 e. The number of hydrogen-bond donors (Lipinski definition) is 0. The maximum atomic E-state index is 11.4. The zero-order valence-electron chi connectivity index (χ0n) is 11.8. The van der Waals surface area contributed by atoms with Gasteiger partial charge in [0.05, 0.1) is 24.6 Å². The van der Waals surface area contributed by atoms with E-state index >= 15 is 0 Å². The minimum atomic E-state index is -0.331. The lowest BCUT2D eigenvalue weighted by Gasteiger charge is -2.28. The van der Waals surface area contributed by atoms with Crippen molar-refractivity contribution >= 4 is 11.9 Å². The fraction of sp³-hybridized carbons (Fsp3) is 0.643. The number of aromatic nitrogens is 2. The van der Waals surface area contributed by atoms with Crippen LogP contribution in [-0.2, 0) is 11.2 Å². The number of anilines is 1. The number of hydrogen-bond acceptors (Lipinski definition) is 5. The first kappa shape index (κ1) is 13.3. The first-order valence-electron chi connectivity index (χ1n) is 7.16. The summed E-state index contributed by atoms with van der Waals surface area (Å²) in [4.78, 5) is 24.1. The van der Waals surface area contributed by atoms with E-state index in [1.807, 2.05) is 0 Å². The Bertz CT molecular complexity index is 469. The van der Waals surface area contributed by atoms with Crippen LogP contribution in [0.5, 0.6) is 0 Å². The first-order chi connectivity index (χ1) is 9.72. The Labute approximate surface area is 118 Å². The lowest BCUT2D eigenvalue weighted by molar-refractivity contribution is 0.181. The third-order valence-corrected chi connectivity index (χ3v) is 4.07. The van der Waals surface area contributed by atoms with Crippen molar-refractivity contribution in [1.29, 1.82) is 0 Å². The van der Waals surface area contributed by atoms with Gasteiger partial charge in [-0.05, 0) is 45.3 Å². The van der Waals surface area contributed by atoms with Crippen LogP contribution in [0.1, 0.15) is 18.5 Å². The van der Waals surface area contributed by atoms with Gasteiger partial charge in [-0.25, -0.2) is 9.78 Å². The van der Waals surface area contributed by atoms with Gasteiger partial charge in [-0.3, -0.25) is 9.88 Å². The summed E-state index contributed by atoms with van der Waals surface area (Å²) in [6.45, 7) is 3.31. The van der Waals surface area contributed by atoms with Crippen LogP contribution in [0.3, 0.4) is 0 Å². The van der Waals surface area contributed by atoms with Gasteiger partial charge in [0.2, 0.25) is 0 Å². The molecule has 108 valence electrons. The number of likely N-dealkylation sites (tertiary alicyclic amines) is 1. The van der Waals surface area contributed by atoms with E-state index in [9.17, 15) is 4.79 Å². The molecule has 2 aliphatic heterocycles. The smallest absolute Gasteiger partial charge is 0.415 e. The highest BCUT2D eigenvalue weighted by molar-refractivity contribution is 5.87. The molecule has 3 rings (SSSR count). The van der Waals surface area contributed by atoms with Crippen molar-refractivity contribution in [3.63, 3.8) is 0 Å². The fourth-order valence-corrected chi connectivity index (χ4v) is 2.76. The highest BCUT2D eigenvalue weighted by atomic mass is 16.6. The van der Waals surface area contributed by atoms with Gasteiger partial charge in [-0.15, -0.1) is 0 Å². The van der Waals surface area contributed by atoms with E-state index in [-0.39, 0.29) is 6.09 Å². The topological polar surface area (TPSA) is 58.6 Å². The van der Waals surface area contributed by atoms with Crippen LogP contribution in [0.25, 0.3) is 0 Å². The lowest BCUT2D eigenvalue weighted by Crippen LogP contribution is -2.31. The number of amides is 1. The standard InChI is InChI=1S/C14H20N4O2/c1-17-4-2-11(3-5-17)8-12-9-16-13(10-15-12)18-6-7-20-14(18)19/h9-11H,2-8H2,1H3. The zero-order valence-corrected chi connectivity index (χ0v) is 11.8. The van der Waals surface area contributed by atoms with Gasteiger partial charge in [-0.1, -0.05) is 0 Å². The predicted octanol–water partition coefficient (Wildman–Crippen LogP) is 1.32. The average molecular weight is 276 g/mol. The number of carbonyl (C=O) groups excluding carboxylic acids is 1. The van der Waals surface area contributed by atoms with E-state index < -0.39 is 0 Å². The van der Waals surface area contributed by atoms with Crippen LogP contribution in [-0.4, -0.2) is 54.2 Å². The minimum Gasteiger partial charge on any atom is -0.447 e. The van der Waals surface area contributed by atoms with E-state index in [1.54, 1.807) is 12.4 Å². The molecule has 0 N–H and O–H groups in total. The Kier molecular flexibility index (Phi) is 3.82. The summed E-state index contributed by atoms with van der Waals surface area (Å²) in [7, 11) is 2.17. The predicted molar refractivity (Wildman–Crippen MR) is 74.7 cm³/mol. The van der Waals surface area contributed by atoms with Gasteiger partial charge < -0.3 is 9.64 Å². The molecule has 1 aromatic heterocycles. The van der Waals surface area contributed by atoms with Crippen molar-refractivity contribution in [3.05, 3.63) is 18.1 Å². The molecule has 3 heterocycles. The van der Waals surface area contributed by atoms with E-state index in [2.05, 4.69) is 21.9 Å². The number of rotatable bonds is 3. The summed E-state index contributed by atoms with van der Waals surface area (Å²) in [6, 6.07) is 0. The molecule has 2 saturated heterocycles. The van der Waals surface area contributed by atoms with Crippen LogP contribution in [0.2, 0.25) is 0 Å². The third-order valence-electron chi connectivity index (χ3n) is 4.07. The Hall–Kier alpha value is -1.69. The molecule has 0 atom stereocenters. The molecule has 6 nitrogen and oxygen atoms in total. The Morgan fingerprint density at radius 1 is 1.25 bits per heavy atom. The van der Waals surface area contributed by atoms with Crippen molar-refractivity contribution < 1.29 is 9.53 Å². The summed E-state index contributed by atoms with van der Waals surface area (Å²) >= 11 is 0. The van der Waals surface area contributed by atoms with Crippen LogP contribution in [0.4, 0.5) is 10.6 Å². The summed E-state index contributed by atoms with van der Waals surface area (Å²) in [6.07, 6.45) is 6.56. The SMILES string of the molecule is CN1CCC(Cc2cnc(N3CCOC3=O)cn2)CC1. The summed E-state index contributed by atoms with van der Waals surface area (Å²) in [5.41, 5.74) is 1.01. The fourth-order valence-electron chi connectivity index (χ4n) is 2.76. The van der Waals surface area contributed by atoms with E-state index in [1.165, 1.54) is 17.7 Å². The second-order valence-electron chi connectivity index (χ2n) is 5.58. The molecule has 6 heteroatoms. The van der Waals surface area contributed by atoms with E-state index in [4.69, 9.17) is 4.74 Å². The third kappa shape index (κ3) is 2.90. The first-order valence-corrected chi connectivity index (χ1v) is 7.16. The van der Waals surface area contributed by atoms with Crippen molar-refractivity contribution in [2.75, 3.05) is 38.2 Å². The minimum absolute atomic E-state index is 0.331. The molecule has 1 aromatic rings. The normalized spacial score (nSPS) is 21.2. The summed E-state index contributed by atoms with van der Waals surface area (Å²) in [5.74, 6) is 1.28. The van der Waals surface area contributed by atoms with Crippen LogP contribution in [0, 0.1) is 5.92 Å². The van der Waals surface area contributed by atoms with Crippen LogP contribution < -0.4 is 4.90 Å². The number of piperidine rings is 1. The molecule has 0 radical (unpaired) electrons. The lowest BCUT2D eigenvalue weighted by atomic mass is 9.92. The molecule has 20 heavy (non-hydrogen) atoms. The van der Waals surface area contributed by atoms with Gasteiger partial charge in [0.15, 0.2) is 5.82 Å². The highest BCUT2D eigenvalue weighted by Gasteiger charge is 2.25. The van der Waals surface area contributed by atoms with Gasteiger partial charge in [0.1, 0.15) is 6.61 Å². The molecule has 0 bridgehead atoms. The maximum absolute atomic E-state index is 11.4. The van der Waals surface area contributed by atoms with Crippen molar-refractivity contribution in [2.24, 2.45) is 5.92 Å². The summed E-state index contributed by atoms with van der Waals surface area (Å²) in [5, 5.41) is 0. The van der Waals surface area contributed by atoms with Gasteiger partial charge in [0.25, 0.3) is 0 Å². The number of nitrogens with zero attached hydrogens (tertiary/aromatic N) is 4. The van der Waals surface area contributed by atoms with Crippen LogP contribution in [0.15, 0.2) is 12.4 Å². The monoisotopic (exact) mass is 276 g/mol. The zero-order chi connectivity index (χ0) is 13.9. The molecule has 0 aromatic carbocycles. The molecule has 0 saturated carbocycles. The molecule has 1 amide bonds. The van der Waals surface area contributed by atoms with Gasteiger partial charge in [-0.2, -0.15) is 0 Å². The summed E-state index contributed by atoms with van der Waals surface area (Å²) < 4.78 is 4.90. The number of cyclic esters (lactones) is 1. The second kappa shape index (κ2) is 5.75. The highest BCUT2D eigenvalue weighted by Crippen LogP contribution is 2.21. The molecule has 0 spiro atoms. The van der Waals surface area contributed by atoms with Crippen LogP contribution >= 0.6 is 0 Å². The molecule has 0 aliphatic carbocycles. The second-order valence-corrected chi connectivity index (χ2v) is 5.58. The molecular formula is C14H20N4O2. The Morgan fingerprint density at radius 3 is 2.65 bits per heavy atom. The quantitative estimate of drug-likeness (QED) is 0.833. The molecule has 0 unspecified atom stereocenters. The molecule has 2 fully saturated rings. The van der Waals surface area contributed by atoms with Gasteiger partial charge in [0, 0.05) is 0 Å². The molecular weight excluding hydrogens is 256 g/mol. The van der Waals surface area contributed by atoms with E-state index in [0.717, 1.165) is 25.2 Å². The van der Waals surface area contributed by atoms with Gasteiger partial charge >= 0.3 is 6.09 Å². The Balaban J connectivity index is 1.60. The van der Waals surface area contributed by atoms with Crippen molar-refractivity contribution in [3.8, 4) is 0 Å². The number of ether oxygens (including phenoxy) is 1. The molecule has 2 aliphatic rings. The van der Waals surface area contributed by atoms with Crippen molar-refractivity contribution in [2.45, 2.75) is 19.3 Å². The Morgan fingerprint density at radius 2 is 2.05 bits per heavy atom. The van der Waals surface area contributed by atoms with Crippen molar-refractivity contribution in [1.82, 2.24) is 14.9 Å². The van der Waals surface area contributed by atoms with E-state index in [0.29, 0.717) is 24.9 Å². The number of carbonyl (C=O) groups is 1.